The third kappa shape index (κ3) is 2.84. The first-order chi connectivity index (χ1) is 9.43. The van der Waals surface area contributed by atoms with Crippen LogP contribution in [0.25, 0.3) is 0 Å². The lowest BCUT2D eigenvalue weighted by Gasteiger charge is -2.17. The summed E-state index contributed by atoms with van der Waals surface area (Å²) < 4.78 is 5.21. The van der Waals surface area contributed by atoms with Crippen molar-refractivity contribution in [3.8, 4) is 0 Å². The number of anilines is 1. The Bertz CT molecular complexity index is 514. The highest BCUT2D eigenvalue weighted by Crippen LogP contribution is 2.29. The number of aliphatic hydroxyl groups excluding tert-OH is 3. The second-order valence-corrected chi connectivity index (χ2v) is 4.73. The average molecular weight is 305 g/mol. The van der Waals surface area contributed by atoms with Crippen molar-refractivity contribution < 1.29 is 25.0 Å². The van der Waals surface area contributed by atoms with Crippen molar-refractivity contribution in [3.05, 3.63) is 33.3 Å². The van der Waals surface area contributed by atoms with E-state index in [4.69, 9.17) is 21.4 Å². The molecule has 4 atom stereocenters. The Morgan fingerprint density at radius 2 is 2.10 bits per heavy atom. The Morgan fingerprint density at radius 1 is 1.40 bits per heavy atom. The van der Waals surface area contributed by atoms with Gasteiger partial charge in [0.2, 0.25) is 0 Å². The fourth-order valence-corrected chi connectivity index (χ4v) is 2.11. The Hall–Kier alpha value is -1.45. The van der Waals surface area contributed by atoms with Gasteiger partial charge in [-0.1, -0.05) is 11.6 Å². The lowest BCUT2D eigenvalue weighted by Crippen LogP contribution is -2.36. The van der Waals surface area contributed by atoms with E-state index in [1.807, 2.05) is 0 Å². The van der Waals surface area contributed by atoms with Crippen LogP contribution in [0.15, 0.2) is 18.2 Å². The van der Waals surface area contributed by atoms with Crippen molar-refractivity contribution in [2.45, 2.75) is 24.5 Å². The second kappa shape index (κ2) is 5.90. The van der Waals surface area contributed by atoms with Crippen LogP contribution in [0.5, 0.6) is 0 Å². The van der Waals surface area contributed by atoms with Crippen molar-refractivity contribution in [2.24, 2.45) is 0 Å². The van der Waals surface area contributed by atoms with Crippen LogP contribution in [0.4, 0.5) is 11.4 Å². The molecular weight excluding hydrogens is 292 g/mol. The van der Waals surface area contributed by atoms with Gasteiger partial charge in [0.1, 0.15) is 23.3 Å². The molecule has 1 aliphatic rings. The van der Waals surface area contributed by atoms with E-state index in [0.717, 1.165) is 0 Å². The number of ether oxygens (including phenoxy) is 1. The van der Waals surface area contributed by atoms with Gasteiger partial charge < -0.3 is 25.4 Å². The summed E-state index contributed by atoms with van der Waals surface area (Å²) in [6.45, 7) is -0.447. The lowest BCUT2D eigenvalue weighted by molar-refractivity contribution is -0.384. The van der Waals surface area contributed by atoms with E-state index < -0.39 is 36.1 Å². The topological polar surface area (TPSA) is 125 Å². The molecule has 1 aromatic carbocycles. The molecule has 1 aromatic rings. The van der Waals surface area contributed by atoms with Crippen molar-refractivity contribution in [1.82, 2.24) is 0 Å². The molecule has 1 aliphatic heterocycles. The van der Waals surface area contributed by atoms with Crippen molar-refractivity contribution >= 4 is 23.0 Å². The molecule has 4 N–H and O–H groups in total. The van der Waals surface area contributed by atoms with Gasteiger partial charge in [-0.2, -0.15) is 0 Å². The summed E-state index contributed by atoms with van der Waals surface area (Å²) in [7, 11) is 0. The van der Waals surface area contributed by atoms with Crippen molar-refractivity contribution in [2.75, 3.05) is 11.9 Å². The van der Waals surface area contributed by atoms with Crippen LogP contribution in [0.1, 0.15) is 0 Å². The Balaban J connectivity index is 2.15. The van der Waals surface area contributed by atoms with Gasteiger partial charge in [-0.25, -0.2) is 0 Å². The van der Waals surface area contributed by atoms with Crippen molar-refractivity contribution in [1.29, 1.82) is 0 Å². The molecule has 0 bridgehead atoms. The fourth-order valence-electron chi connectivity index (χ4n) is 1.93. The minimum absolute atomic E-state index is 0.0123. The van der Waals surface area contributed by atoms with Crippen LogP contribution in [0, 0.1) is 10.1 Å². The Kier molecular flexibility index (Phi) is 4.41. The predicted molar refractivity (Wildman–Crippen MR) is 69.5 cm³/mol. The maximum absolute atomic E-state index is 10.8. The van der Waals surface area contributed by atoms with Gasteiger partial charge in [-0.15, -0.1) is 0 Å². The molecule has 0 amide bonds. The van der Waals surface area contributed by atoms with E-state index in [9.17, 15) is 20.3 Å². The second-order valence-electron chi connectivity index (χ2n) is 4.33. The zero-order valence-electron chi connectivity index (χ0n) is 10.1. The average Bonchev–Trinajstić information content (AvgIpc) is 2.68. The summed E-state index contributed by atoms with van der Waals surface area (Å²) in [5.41, 5.74) is 0.0133. The number of benzene rings is 1. The number of halogens is 1. The molecule has 110 valence electrons. The molecule has 1 saturated heterocycles. The smallest absolute Gasteiger partial charge is 0.289 e. The normalized spacial score (nSPS) is 29.4. The van der Waals surface area contributed by atoms with Crippen LogP contribution in [0.3, 0.4) is 0 Å². The minimum atomic E-state index is -1.26. The molecule has 1 heterocycles. The molecular formula is C11H13ClN2O6. The van der Waals surface area contributed by atoms with Gasteiger partial charge in [0, 0.05) is 11.8 Å². The van der Waals surface area contributed by atoms with E-state index in [-0.39, 0.29) is 10.7 Å². The number of hydrogen-bond acceptors (Lipinski definition) is 7. The lowest BCUT2D eigenvalue weighted by atomic mass is 10.1. The van der Waals surface area contributed by atoms with E-state index in [0.29, 0.717) is 5.69 Å². The van der Waals surface area contributed by atoms with E-state index in [1.165, 1.54) is 18.2 Å². The van der Waals surface area contributed by atoms with Gasteiger partial charge in [-0.05, 0) is 12.1 Å². The van der Waals surface area contributed by atoms with Crippen LogP contribution in [0.2, 0.25) is 5.02 Å². The third-order valence-electron chi connectivity index (χ3n) is 2.99. The highest BCUT2D eigenvalue weighted by Gasteiger charge is 2.42. The van der Waals surface area contributed by atoms with Crippen LogP contribution < -0.4 is 5.32 Å². The fraction of sp³-hybridized carbons (Fsp3) is 0.455. The molecule has 0 radical (unpaired) electrons. The zero-order chi connectivity index (χ0) is 14.9. The number of hydrogen-bond donors (Lipinski definition) is 4. The monoisotopic (exact) mass is 304 g/mol. The van der Waals surface area contributed by atoms with Crippen molar-refractivity contribution in [3.63, 3.8) is 0 Å². The summed E-state index contributed by atoms with van der Waals surface area (Å²) >= 11 is 5.68. The summed E-state index contributed by atoms with van der Waals surface area (Å²) in [6, 6.07) is 4.00. The van der Waals surface area contributed by atoms with Crippen LogP contribution in [-0.4, -0.2) is 51.4 Å². The molecule has 0 spiro atoms. The maximum atomic E-state index is 10.8. The summed E-state index contributed by atoms with van der Waals surface area (Å²) in [5.74, 6) is 0. The largest absolute Gasteiger partial charge is 0.394 e. The standard InChI is InChI=1S/C11H13ClN2O6/c12-6-2-1-5(3-7(6)14(18)19)13-11-10(17)9(16)8(4-15)20-11/h1-3,8-11,13,15-17H,4H2. The molecule has 20 heavy (non-hydrogen) atoms. The number of aliphatic hydroxyl groups is 3. The summed E-state index contributed by atoms with van der Waals surface area (Å²) in [5, 5.41) is 41.7. The van der Waals surface area contributed by atoms with E-state index in [2.05, 4.69) is 5.32 Å². The van der Waals surface area contributed by atoms with Crippen LogP contribution >= 0.6 is 11.6 Å². The van der Waals surface area contributed by atoms with Crippen LogP contribution in [-0.2, 0) is 4.74 Å². The summed E-state index contributed by atoms with van der Waals surface area (Å²) in [4.78, 5) is 10.1. The Labute approximate surface area is 118 Å². The highest BCUT2D eigenvalue weighted by molar-refractivity contribution is 6.32. The molecule has 0 aromatic heterocycles. The Morgan fingerprint density at radius 3 is 2.65 bits per heavy atom. The van der Waals surface area contributed by atoms with E-state index >= 15 is 0 Å². The predicted octanol–water partition coefficient (Wildman–Crippen LogP) is 0.0991. The highest BCUT2D eigenvalue weighted by atomic mass is 35.5. The van der Waals surface area contributed by atoms with E-state index in [1.54, 1.807) is 0 Å². The first-order valence-electron chi connectivity index (χ1n) is 5.77. The van der Waals surface area contributed by atoms with Gasteiger partial charge in [0.15, 0.2) is 6.23 Å². The molecule has 2 rings (SSSR count). The quantitative estimate of drug-likeness (QED) is 0.459. The summed E-state index contributed by atoms with van der Waals surface area (Å²) in [6.07, 6.45) is -4.39. The molecule has 4 unspecified atom stereocenters. The number of nitro groups is 1. The zero-order valence-corrected chi connectivity index (χ0v) is 10.9. The number of rotatable bonds is 4. The third-order valence-corrected chi connectivity index (χ3v) is 3.31. The minimum Gasteiger partial charge on any atom is -0.394 e. The van der Waals surface area contributed by atoms with Gasteiger partial charge in [-0.3, -0.25) is 10.1 Å². The number of nitrogens with one attached hydrogen (secondary N) is 1. The first kappa shape index (κ1) is 14.9. The van der Waals surface area contributed by atoms with Gasteiger partial charge in [0.25, 0.3) is 5.69 Å². The number of nitrogens with zero attached hydrogens (tertiary/aromatic N) is 1. The molecule has 0 aliphatic carbocycles. The first-order valence-corrected chi connectivity index (χ1v) is 6.14. The SMILES string of the molecule is O=[N+]([O-])c1cc(NC2OC(CO)C(O)C2O)ccc1Cl. The maximum Gasteiger partial charge on any atom is 0.289 e. The molecule has 0 saturated carbocycles. The molecule has 8 nitrogen and oxygen atoms in total. The molecule has 9 heteroatoms. The van der Waals surface area contributed by atoms with Gasteiger partial charge >= 0.3 is 0 Å². The van der Waals surface area contributed by atoms with Gasteiger partial charge in [0.05, 0.1) is 11.5 Å². The number of nitro benzene ring substituents is 1. The molecule has 1 fully saturated rings.